The normalized spacial score (nSPS) is 17.2. The number of hydrogen-bond acceptors (Lipinski definition) is 6. The maximum absolute atomic E-state index is 6.41. The molecule has 0 aliphatic carbocycles. The zero-order valence-corrected chi connectivity index (χ0v) is 17.3. The van der Waals surface area contributed by atoms with Gasteiger partial charge in [-0.15, -0.1) is 0 Å². The molecule has 2 aliphatic rings. The molecule has 0 saturated carbocycles. The van der Waals surface area contributed by atoms with E-state index in [0.29, 0.717) is 11.6 Å². The summed E-state index contributed by atoms with van der Waals surface area (Å²) in [5.74, 6) is 1.75. The van der Waals surface area contributed by atoms with E-state index in [4.69, 9.17) is 22.3 Å². The molecule has 4 heterocycles. The second-order valence-electron chi connectivity index (χ2n) is 8.35. The van der Waals surface area contributed by atoms with E-state index < -0.39 is 0 Å². The molecular formula is C22H23ClN6. The second kappa shape index (κ2) is 6.59. The highest BCUT2D eigenvalue weighted by Crippen LogP contribution is 2.46. The molecule has 7 heteroatoms. The SMILES string of the molecule is CC1(C)CN(c2ncnc3c2CN(c2ncccc2Cl)CC3)c2cc(N)ccc21. The van der Waals surface area contributed by atoms with E-state index in [1.807, 2.05) is 18.2 Å². The van der Waals surface area contributed by atoms with Crippen LogP contribution in [0, 0.1) is 0 Å². The van der Waals surface area contributed by atoms with Crippen LogP contribution < -0.4 is 15.5 Å². The van der Waals surface area contributed by atoms with E-state index in [1.165, 1.54) is 5.56 Å². The summed E-state index contributed by atoms with van der Waals surface area (Å²) < 4.78 is 0. The van der Waals surface area contributed by atoms with Crippen molar-refractivity contribution in [3.8, 4) is 0 Å². The minimum Gasteiger partial charge on any atom is -0.399 e. The first kappa shape index (κ1) is 18.2. The van der Waals surface area contributed by atoms with Crippen molar-refractivity contribution in [3.05, 3.63) is 64.7 Å². The molecule has 2 aliphatic heterocycles. The maximum Gasteiger partial charge on any atom is 0.147 e. The molecule has 0 saturated heterocycles. The third-order valence-corrected chi connectivity index (χ3v) is 6.16. The molecule has 1 aromatic carbocycles. The average molecular weight is 407 g/mol. The smallest absolute Gasteiger partial charge is 0.147 e. The van der Waals surface area contributed by atoms with Crippen LogP contribution in [-0.4, -0.2) is 28.0 Å². The number of benzene rings is 1. The van der Waals surface area contributed by atoms with E-state index in [9.17, 15) is 0 Å². The van der Waals surface area contributed by atoms with Gasteiger partial charge in [0.05, 0.1) is 10.7 Å². The largest absolute Gasteiger partial charge is 0.399 e. The predicted molar refractivity (Wildman–Crippen MR) is 117 cm³/mol. The molecule has 2 aromatic heterocycles. The zero-order chi connectivity index (χ0) is 20.2. The molecule has 0 unspecified atom stereocenters. The van der Waals surface area contributed by atoms with E-state index in [-0.39, 0.29) is 5.41 Å². The van der Waals surface area contributed by atoms with Crippen molar-refractivity contribution in [2.24, 2.45) is 0 Å². The lowest BCUT2D eigenvalue weighted by molar-refractivity contribution is 0.566. The van der Waals surface area contributed by atoms with Crippen molar-refractivity contribution < 1.29 is 0 Å². The van der Waals surface area contributed by atoms with Gasteiger partial charge >= 0.3 is 0 Å². The van der Waals surface area contributed by atoms with E-state index in [1.54, 1.807) is 12.5 Å². The fraction of sp³-hybridized carbons (Fsp3) is 0.318. The minimum absolute atomic E-state index is 0.0134. The van der Waals surface area contributed by atoms with Gasteiger partial charge in [-0.25, -0.2) is 15.0 Å². The third-order valence-electron chi connectivity index (χ3n) is 5.87. The van der Waals surface area contributed by atoms with E-state index in [2.05, 4.69) is 45.7 Å². The summed E-state index contributed by atoms with van der Waals surface area (Å²) in [6.07, 6.45) is 4.29. The number of hydrogen-bond donors (Lipinski definition) is 1. The van der Waals surface area contributed by atoms with E-state index in [0.717, 1.165) is 53.8 Å². The van der Waals surface area contributed by atoms with Gasteiger partial charge in [0.2, 0.25) is 0 Å². The van der Waals surface area contributed by atoms with Crippen LogP contribution in [0.25, 0.3) is 0 Å². The molecular weight excluding hydrogens is 384 g/mol. The molecule has 5 rings (SSSR count). The Bertz CT molecular complexity index is 1100. The topological polar surface area (TPSA) is 71.2 Å². The first-order chi connectivity index (χ1) is 13.9. The first-order valence-electron chi connectivity index (χ1n) is 9.80. The van der Waals surface area contributed by atoms with Crippen molar-refractivity contribution in [2.45, 2.75) is 32.2 Å². The van der Waals surface area contributed by atoms with Gasteiger partial charge in [0.1, 0.15) is 18.0 Å². The summed E-state index contributed by atoms with van der Waals surface area (Å²) in [5.41, 5.74) is 11.5. The quantitative estimate of drug-likeness (QED) is 0.646. The lowest BCUT2D eigenvalue weighted by Crippen LogP contribution is -2.34. The molecule has 0 radical (unpaired) electrons. The summed E-state index contributed by atoms with van der Waals surface area (Å²) in [5, 5.41) is 0.662. The van der Waals surface area contributed by atoms with Gasteiger partial charge < -0.3 is 15.5 Å². The van der Waals surface area contributed by atoms with Gasteiger partial charge in [0.15, 0.2) is 0 Å². The molecule has 0 bridgehead atoms. The summed E-state index contributed by atoms with van der Waals surface area (Å²) in [6.45, 7) is 6.87. The molecule has 148 valence electrons. The lowest BCUT2D eigenvalue weighted by Gasteiger charge is -2.32. The predicted octanol–water partition coefficient (Wildman–Crippen LogP) is 4.10. The standard InChI is InChI=1S/C22H23ClN6/c1-22(2)12-29(19-10-14(24)5-6-16(19)22)20-15-11-28(9-7-18(15)26-13-27-20)21-17(23)4-3-8-25-21/h3-6,8,10,13H,7,9,11-12,24H2,1-2H3. The van der Waals surface area contributed by atoms with Gasteiger partial charge in [0, 0.05) is 54.6 Å². The minimum atomic E-state index is 0.0134. The molecule has 2 N–H and O–H groups in total. The molecule has 6 nitrogen and oxygen atoms in total. The van der Waals surface area contributed by atoms with Crippen LogP contribution in [0.4, 0.5) is 23.0 Å². The number of nitrogen functional groups attached to an aromatic ring is 1. The van der Waals surface area contributed by atoms with Crippen LogP contribution in [0.15, 0.2) is 42.9 Å². The van der Waals surface area contributed by atoms with Crippen molar-refractivity contribution >= 4 is 34.6 Å². The highest BCUT2D eigenvalue weighted by Gasteiger charge is 2.38. The highest BCUT2D eigenvalue weighted by atomic mass is 35.5. The first-order valence-corrected chi connectivity index (χ1v) is 10.2. The maximum atomic E-state index is 6.41. The monoisotopic (exact) mass is 406 g/mol. The van der Waals surface area contributed by atoms with Gasteiger partial charge in [-0.3, -0.25) is 0 Å². The Morgan fingerprint density at radius 2 is 1.97 bits per heavy atom. The second-order valence-corrected chi connectivity index (χ2v) is 8.76. The van der Waals surface area contributed by atoms with Crippen molar-refractivity contribution in [2.75, 3.05) is 28.6 Å². The number of fused-ring (bicyclic) bond motifs is 2. The summed E-state index contributed by atoms with van der Waals surface area (Å²) in [7, 11) is 0. The Kier molecular flexibility index (Phi) is 4.13. The summed E-state index contributed by atoms with van der Waals surface area (Å²) in [4.78, 5) is 18.3. The molecule has 29 heavy (non-hydrogen) atoms. The number of pyridine rings is 1. The molecule has 0 atom stereocenters. The van der Waals surface area contributed by atoms with Crippen LogP contribution in [-0.2, 0) is 18.4 Å². The van der Waals surface area contributed by atoms with Crippen LogP contribution >= 0.6 is 11.6 Å². The highest BCUT2D eigenvalue weighted by molar-refractivity contribution is 6.32. The van der Waals surface area contributed by atoms with Crippen molar-refractivity contribution in [1.29, 1.82) is 0 Å². The van der Waals surface area contributed by atoms with Crippen LogP contribution in [0.2, 0.25) is 5.02 Å². The fourth-order valence-corrected chi connectivity index (χ4v) is 4.69. The van der Waals surface area contributed by atoms with Crippen molar-refractivity contribution in [1.82, 2.24) is 15.0 Å². The van der Waals surface area contributed by atoms with E-state index >= 15 is 0 Å². The Morgan fingerprint density at radius 3 is 2.79 bits per heavy atom. The Balaban J connectivity index is 1.58. The Hall–Kier alpha value is -2.86. The van der Waals surface area contributed by atoms with Gasteiger partial charge in [-0.2, -0.15) is 0 Å². The van der Waals surface area contributed by atoms with Crippen molar-refractivity contribution in [3.63, 3.8) is 0 Å². The summed E-state index contributed by atoms with van der Waals surface area (Å²) >= 11 is 6.41. The number of nitrogens with two attached hydrogens (primary N) is 1. The third kappa shape index (κ3) is 2.99. The summed E-state index contributed by atoms with van der Waals surface area (Å²) in [6, 6.07) is 9.90. The van der Waals surface area contributed by atoms with Gasteiger partial charge in [-0.1, -0.05) is 31.5 Å². The van der Waals surface area contributed by atoms with Crippen LogP contribution in [0.1, 0.15) is 30.7 Å². The number of aromatic nitrogens is 3. The fourth-order valence-electron chi connectivity index (χ4n) is 4.45. The molecule has 3 aromatic rings. The average Bonchev–Trinajstić information content (AvgIpc) is 2.97. The van der Waals surface area contributed by atoms with Gasteiger partial charge in [0.25, 0.3) is 0 Å². The Morgan fingerprint density at radius 1 is 1.10 bits per heavy atom. The number of halogens is 1. The zero-order valence-electron chi connectivity index (χ0n) is 16.6. The Labute approximate surface area is 175 Å². The number of rotatable bonds is 2. The molecule has 0 spiro atoms. The molecule has 0 fully saturated rings. The van der Waals surface area contributed by atoms with Crippen LogP contribution in [0.5, 0.6) is 0 Å². The number of nitrogens with zero attached hydrogens (tertiary/aromatic N) is 5. The van der Waals surface area contributed by atoms with Gasteiger partial charge in [-0.05, 0) is 29.8 Å². The number of anilines is 4. The lowest BCUT2D eigenvalue weighted by atomic mass is 9.87. The molecule has 0 amide bonds. The van der Waals surface area contributed by atoms with Crippen LogP contribution in [0.3, 0.4) is 0 Å².